The van der Waals surface area contributed by atoms with Crippen LogP contribution in [0.3, 0.4) is 0 Å². The maximum Gasteiger partial charge on any atom is 0.405 e. The predicted octanol–water partition coefficient (Wildman–Crippen LogP) is 1.67. The second-order valence-electron chi connectivity index (χ2n) is 7.65. The average Bonchev–Trinajstić information content (AvgIpc) is 2.60. The smallest absolute Gasteiger partial charge is 0.405 e. The second kappa shape index (κ2) is 12.0. The van der Waals surface area contributed by atoms with Gasteiger partial charge in [-0.05, 0) is 23.8 Å². The minimum Gasteiger partial charge on any atom is -0.465 e. The monoisotopic (exact) mass is 392 g/mol. The molecule has 0 aliphatic rings. The predicted molar refractivity (Wildman–Crippen MR) is 107 cm³/mol. The normalized spacial score (nSPS) is 13.1. The van der Waals surface area contributed by atoms with E-state index in [1.165, 1.54) is 0 Å². The Kier molecular flexibility index (Phi) is 10.0. The molecule has 0 aliphatic heterocycles. The third kappa shape index (κ3) is 9.36. The molecule has 5 N–H and O–H groups in total. The van der Waals surface area contributed by atoms with Crippen molar-refractivity contribution in [1.82, 2.24) is 21.5 Å². The van der Waals surface area contributed by atoms with E-state index in [-0.39, 0.29) is 11.8 Å². The molecule has 8 heteroatoms. The largest absolute Gasteiger partial charge is 0.465 e. The summed E-state index contributed by atoms with van der Waals surface area (Å²) in [6.45, 7) is 8.41. The maximum atomic E-state index is 12.7. The Bertz CT molecular complexity index is 634. The van der Waals surface area contributed by atoms with Gasteiger partial charge in [-0.3, -0.25) is 15.0 Å². The second-order valence-corrected chi connectivity index (χ2v) is 7.65. The molecule has 1 aromatic carbocycles. The highest BCUT2D eigenvalue weighted by atomic mass is 16.4. The highest BCUT2D eigenvalue weighted by molar-refractivity contribution is 5.91. The Morgan fingerprint density at radius 3 is 2.07 bits per heavy atom. The number of nitrogens with one attached hydrogen (secondary N) is 4. The number of hydrogen-bond donors (Lipinski definition) is 5. The van der Waals surface area contributed by atoms with E-state index in [0.29, 0.717) is 25.3 Å². The Morgan fingerprint density at radius 1 is 0.893 bits per heavy atom. The van der Waals surface area contributed by atoms with E-state index in [9.17, 15) is 14.4 Å². The Hall–Kier alpha value is -2.61. The molecule has 0 bridgehead atoms. The first-order valence-corrected chi connectivity index (χ1v) is 9.55. The van der Waals surface area contributed by atoms with Crippen LogP contribution in [0.4, 0.5) is 4.79 Å². The number of carboxylic acid groups (broad SMARTS) is 1. The van der Waals surface area contributed by atoms with Gasteiger partial charge in [0.1, 0.15) is 12.1 Å². The lowest BCUT2D eigenvalue weighted by atomic mass is 10.0. The Balaban J connectivity index is 2.87. The fourth-order valence-corrected chi connectivity index (χ4v) is 2.61. The average molecular weight is 393 g/mol. The molecular weight excluding hydrogens is 360 g/mol. The van der Waals surface area contributed by atoms with E-state index in [4.69, 9.17) is 5.11 Å². The van der Waals surface area contributed by atoms with Crippen LogP contribution in [0.2, 0.25) is 0 Å². The molecule has 2 atom stereocenters. The molecule has 0 aromatic heterocycles. The van der Waals surface area contributed by atoms with Gasteiger partial charge in [-0.1, -0.05) is 58.0 Å². The lowest BCUT2D eigenvalue weighted by molar-refractivity contribution is -0.130. The minimum absolute atomic E-state index is 0.108. The van der Waals surface area contributed by atoms with Crippen molar-refractivity contribution in [3.05, 3.63) is 35.9 Å². The number of carbonyl (C=O) groups is 3. The van der Waals surface area contributed by atoms with E-state index in [1.807, 2.05) is 58.0 Å². The maximum absolute atomic E-state index is 12.7. The van der Waals surface area contributed by atoms with Crippen LogP contribution in [0.25, 0.3) is 0 Å². The fourth-order valence-electron chi connectivity index (χ4n) is 2.61. The van der Waals surface area contributed by atoms with Crippen LogP contribution in [-0.4, -0.2) is 41.6 Å². The van der Waals surface area contributed by atoms with Crippen molar-refractivity contribution in [1.29, 1.82) is 0 Å². The van der Waals surface area contributed by atoms with E-state index in [2.05, 4.69) is 21.5 Å². The SMILES string of the molecule is CC(C)CNNC(=O)C(Cc1ccccc1)NC(=O)C(CC(C)C)NC(=O)O. The molecule has 0 heterocycles. The topological polar surface area (TPSA) is 120 Å². The summed E-state index contributed by atoms with van der Waals surface area (Å²) in [6, 6.07) is 7.57. The summed E-state index contributed by atoms with van der Waals surface area (Å²) < 4.78 is 0. The number of rotatable bonds is 11. The lowest BCUT2D eigenvalue weighted by Gasteiger charge is -2.23. The number of hydrazine groups is 1. The van der Waals surface area contributed by atoms with Crippen molar-refractivity contribution < 1.29 is 19.5 Å². The zero-order valence-corrected chi connectivity index (χ0v) is 17.0. The summed E-state index contributed by atoms with van der Waals surface area (Å²) >= 11 is 0. The van der Waals surface area contributed by atoms with Gasteiger partial charge in [0, 0.05) is 13.0 Å². The first kappa shape index (κ1) is 23.4. The van der Waals surface area contributed by atoms with Gasteiger partial charge in [-0.2, -0.15) is 0 Å². The standard InChI is InChI=1S/C20H32N4O4/c1-13(2)10-16(23-20(27)28)18(25)22-17(11-15-8-6-5-7-9-15)19(26)24-21-12-14(3)4/h5-9,13-14,16-17,21,23H,10-12H2,1-4H3,(H,22,25)(H,24,26)(H,27,28). The van der Waals surface area contributed by atoms with Crippen molar-refractivity contribution in [3.8, 4) is 0 Å². The molecule has 28 heavy (non-hydrogen) atoms. The van der Waals surface area contributed by atoms with Gasteiger partial charge < -0.3 is 15.7 Å². The zero-order chi connectivity index (χ0) is 21.1. The molecule has 1 aromatic rings. The molecule has 0 spiro atoms. The number of benzene rings is 1. The molecule has 0 saturated heterocycles. The molecular formula is C20H32N4O4. The van der Waals surface area contributed by atoms with Crippen LogP contribution in [0, 0.1) is 11.8 Å². The molecule has 3 amide bonds. The van der Waals surface area contributed by atoms with Crippen molar-refractivity contribution in [2.45, 2.75) is 52.6 Å². The van der Waals surface area contributed by atoms with Crippen molar-refractivity contribution in [3.63, 3.8) is 0 Å². The molecule has 0 aliphatic carbocycles. The zero-order valence-electron chi connectivity index (χ0n) is 17.0. The first-order valence-electron chi connectivity index (χ1n) is 9.55. The van der Waals surface area contributed by atoms with Crippen LogP contribution < -0.4 is 21.5 Å². The lowest BCUT2D eigenvalue weighted by Crippen LogP contribution is -2.56. The van der Waals surface area contributed by atoms with Gasteiger partial charge in [-0.15, -0.1) is 0 Å². The summed E-state index contributed by atoms with van der Waals surface area (Å²) in [5.74, 6) is -0.443. The molecule has 0 saturated carbocycles. The van der Waals surface area contributed by atoms with Gasteiger partial charge >= 0.3 is 6.09 Å². The third-order valence-corrected chi connectivity index (χ3v) is 3.96. The third-order valence-electron chi connectivity index (χ3n) is 3.96. The van der Waals surface area contributed by atoms with Crippen molar-refractivity contribution >= 4 is 17.9 Å². The highest BCUT2D eigenvalue weighted by Gasteiger charge is 2.27. The van der Waals surface area contributed by atoms with Crippen molar-refractivity contribution in [2.24, 2.45) is 11.8 Å². The van der Waals surface area contributed by atoms with E-state index >= 15 is 0 Å². The van der Waals surface area contributed by atoms with E-state index in [0.717, 1.165) is 5.56 Å². The summed E-state index contributed by atoms with van der Waals surface area (Å²) in [6.07, 6.45) is -0.643. The van der Waals surface area contributed by atoms with Crippen LogP contribution in [0.5, 0.6) is 0 Å². The first-order chi connectivity index (χ1) is 13.2. The Morgan fingerprint density at radius 2 is 1.54 bits per heavy atom. The quantitative estimate of drug-likeness (QED) is 0.367. The van der Waals surface area contributed by atoms with Crippen molar-refractivity contribution in [2.75, 3.05) is 6.54 Å². The van der Waals surface area contributed by atoms with E-state index in [1.54, 1.807) is 0 Å². The minimum atomic E-state index is -1.27. The fraction of sp³-hybridized carbons (Fsp3) is 0.550. The van der Waals surface area contributed by atoms with Gasteiger partial charge in [-0.25, -0.2) is 10.2 Å². The Labute approximate surface area is 166 Å². The van der Waals surface area contributed by atoms with Gasteiger partial charge in [0.15, 0.2) is 0 Å². The number of carbonyl (C=O) groups excluding carboxylic acids is 2. The van der Waals surface area contributed by atoms with Gasteiger partial charge in [0.2, 0.25) is 5.91 Å². The van der Waals surface area contributed by atoms with Crippen LogP contribution in [0.1, 0.15) is 39.7 Å². The number of amides is 3. The molecule has 1 rings (SSSR count). The number of hydrogen-bond acceptors (Lipinski definition) is 4. The highest BCUT2D eigenvalue weighted by Crippen LogP contribution is 2.08. The summed E-state index contributed by atoms with van der Waals surface area (Å²) in [5, 5.41) is 13.9. The molecule has 0 radical (unpaired) electrons. The van der Waals surface area contributed by atoms with Gasteiger partial charge in [0.05, 0.1) is 0 Å². The molecule has 0 fully saturated rings. The van der Waals surface area contributed by atoms with Gasteiger partial charge in [0.25, 0.3) is 5.91 Å². The van der Waals surface area contributed by atoms with E-state index < -0.39 is 24.1 Å². The molecule has 156 valence electrons. The summed E-state index contributed by atoms with van der Waals surface area (Å²) in [4.78, 5) is 36.3. The molecule has 8 nitrogen and oxygen atoms in total. The summed E-state index contributed by atoms with van der Waals surface area (Å²) in [7, 11) is 0. The van der Waals surface area contributed by atoms with Crippen LogP contribution in [0.15, 0.2) is 30.3 Å². The molecule has 2 unspecified atom stereocenters. The van der Waals surface area contributed by atoms with Crippen LogP contribution in [-0.2, 0) is 16.0 Å². The van der Waals surface area contributed by atoms with Crippen LogP contribution >= 0.6 is 0 Å². The summed E-state index contributed by atoms with van der Waals surface area (Å²) in [5.41, 5.74) is 6.36.